The minimum Gasteiger partial charge on any atom is -0.390 e. The molecule has 0 radical (unpaired) electrons. The van der Waals surface area contributed by atoms with Crippen molar-refractivity contribution in [2.45, 2.75) is 38.2 Å². The molecule has 3 rings (SSSR count). The van der Waals surface area contributed by atoms with Gasteiger partial charge in [-0.3, -0.25) is 0 Å². The summed E-state index contributed by atoms with van der Waals surface area (Å²) in [6.45, 7) is 12.9. The maximum atomic E-state index is 11.0. The van der Waals surface area contributed by atoms with Crippen LogP contribution in [-0.2, 0) is 6.42 Å². The fraction of sp³-hybridized carbons (Fsp3) is 0.458. The number of rotatable bonds is 7. The zero-order valence-electron chi connectivity index (χ0n) is 17.1. The maximum absolute atomic E-state index is 11.0. The molecular formula is C24H31N3O. The second kappa shape index (κ2) is 9.23. The molecule has 28 heavy (non-hydrogen) atoms. The Morgan fingerprint density at radius 1 is 1.07 bits per heavy atom. The van der Waals surface area contributed by atoms with Gasteiger partial charge in [0.2, 0.25) is 0 Å². The van der Waals surface area contributed by atoms with Crippen LogP contribution in [0, 0.1) is 13.5 Å². The average molecular weight is 378 g/mol. The molecule has 1 N–H and O–H groups in total. The molecule has 4 heteroatoms. The molecule has 0 spiro atoms. The highest BCUT2D eigenvalue weighted by Crippen LogP contribution is 2.27. The Morgan fingerprint density at radius 3 is 2.32 bits per heavy atom. The number of nitrogens with zero attached hydrogens (tertiary/aromatic N) is 3. The van der Waals surface area contributed by atoms with E-state index in [-0.39, 0.29) is 0 Å². The predicted octanol–water partition coefficient (Wildman–Crippen LogP) is 4.44. The van der Waals surface area contributed by atoms with E-state index in [2.05, 4.69) is 65.0 Å². The van der Waals surface area contributed by atoms with Gasteiger partial charge in [0.15, 0.2) is 5.69 Å². The summed E-state index contributed by atoms with van der Waals surface area (Å²) in [5.41, 5.74) is 3.89. The molecule has 1 aliphatic heterocycles. The van der Waals surface area contributed by atoms with Gasteiger partial charge in [-0.15, -0.1) is 0 Å². The van der Waals surface area contributed by atoms with Gasteiger partial charge < -0.3 is 14.9 Å². The Labute approximate surface area is 169 Å². The van der Waals surface area contributed by atoms with Crippen LogP contribution in [0.4, 0.5) is 11.4 Å². The third kappa shape index (κ3) is 5.58. The topological polar surface area (TPSA) is 31.1 Å². The molecule has 0 atom stereocenters. The van der Waals surface area contributed by atoms with Gasteiger partial charge in [0, 0.05) is 38.9 Å². The van der Waals surface area contributed by atoms with Crippen molar-refractivity contribution in [1.82, 2.24) is 4.90 Å². The van der Waals surface area contributed by atoms with Crippen LogP contribution in [0.5, 0.6) is 0 Å². The lowest BCUT2D eigenvalue weighted by molar-refractivity contribution is -0.0254. The molecule has 1 aliphatic rings. The van der Waals surface area contributed by atoms with Crippen LogP contribution in [0.25, 0.3) is 4.85 Å². The van der Waals surface area contributed by atoms with E-state index in [4.69, 9.17) is 6.57 Å². The first kappa shape index (κ1) is 20.4. The summed E-state index contributed by atoms with van der Waals surface area (Å²) < 4.78 is 0. The fourth-order valence-corrected chi connectivity index (χ4v) is 3.77. The zero-order chi connectivity index (χ0) is 20.0. The summed E-state index contributed by atoms with van der Waals surface area (Å²) in [6.07, 6.45) is 3.48. The molecule has 148 valence electrons. The van der Waals surface area contributed by atoms with Gasteiger partial charge in [0.05, 0.1) is 12.2 Å². The zero-order valence-corrected chi connectivity index (χ0v) is 17.1. The molecular weight excluding hydrogens is 346 g/mol. The van der Waals surface area contributed by atoms with Crippen molar-refractivity contribution in [3.8, 4) is 0 Å². The summed E-state index contributed by atoms with van der Waals surface area (Å²) >= 11 is 0. The predicted molar refractivity (Wildman–Crippen MR) is 116 cm³/mol. The van der Waals surface area contributed by atoms with Gasteiger partial charge in [-0.2, -0.15) is 0 Å². The van der Waals surface area contributed by atoms with E-state index in [0.29, 0.717) is 5.69 Å². The molecule has 1 saturated heterocycles. The van der Waals surface area contributed by atoms with Crippen LogP contribution >= 0.6 is 0 Å². The maximum Gasteiger partial charge on any atom is 0.187 e. The van der Waals surface area contributed by atoms with E-state index in [0.717, 1.165) is 51.9 Å². The van der Waals surface area contributed by atoms with Crippen LogP contribution < -0.4 is 4.90 Å². The third-order valence-corrected chi connectivity index (χ3v) is 5.96. The number of aliphatic hydroxyl groups is 1. The Hall–Kier alpha value is -2.35. The monoisotopic (exact) mass is 377 g/mol. The number of benzene rings is 2. The Morgan fingerprint density at radius 2 is 1.71 bits per heavy atom. The minimum atomic E-state index is -0.549. The lowest BCUT2D eigenvalue weighted by Crippen LogP contribution is -2.46. The second-order valence-corrected chi connectivity index (χ2v) is 8.10. The quantitative estimate of drug-likeness (QED) is 0.724. The number of piperidine rings is 1. The van der Waals surface area contributed by atoms with Crippen molar-refractivity contribution in [1.29, 1.82) is 0 Å². The van der Waals surface area contributed by atoms with Gasteiger partial charge >= 0.3 is 0 Å². The number of anilines is 1. The lowest BCUT2D eigenvalue weighted by atomic mass is 9.88. The highest BCUT2D eigenvalue weighted by Gasteiger charge is 2.32. The number of aryl methyl sites for hydroxylation is 1. The molecule has 0 amide bonds. The normalized spacial score (nSPS) is 16.5. The largest absolute Gasteiger partial charge is 0.390 e. The molecule has 1 heterocycles. The van der Waals surface area contributed by atoms with Gasteiger partial charge in [0.1, 0.15) is 0 Å². The molecule has 0 bridgehead atoms. The van der Waals surface area contributed by atoms with Crippen LogP contribution in [0.1, 0.15) is 30.4 Å². The fourth-order valence-electron chi connectivity index (χ4n) is 3.77. The third-order valence-electron chi connectivity index (χ3n) is 5.96. The summed E-state index contributed by atoms with van der Waals surface area (Å²) in [5.74, 6) is 0. The lowest BCUT2D eigenvalue weighted by Gasteiger charge is -2.39. The highest BCUT2D eigenvalue weighted by molar-refractivity contribution is 5.46. The van der Waals surface area contributed by atoms with Gasteiger partial charge in [-0.25, -0.2) is 4.85 Å². The molecule has 2 aromatic rings. The summed E-state index contributed by atoms with van der Waals surface area (Å²) in [6, 6.07) is 16.4. The number of likely N-dealkylation sites (tertiary alicyclic amines) is 1. The molecule has 1 fully saturated rings. The molecule has 4 nitrogen and oxygen atoms in total. The SMILES string of the molecule is [C-]#[N+]c1ccc(CCN2CCC(O)(CCN(C)c3ccc(C)cc3)CC2)cc1. The first-order valence-corrected chi connectivity index (χ1v) is 10.2. The summed E-state index contributed by atoms with van der Waals surface area (Å²) in [7, 11) is 2.10. The van der Waals surface area contributed by atoms with Crippen LogP contribution in [-0.4, -0.2) is 48.8 Å². The van der Waals surface area contributed by atoms with Crippen molar-refractivity contribution in [3.05, 3.63) is 71.1 Å². The smallest absolute Gasteiger partial charge is 0.187 e. The average Bonchev–Trinajstić information content (AvgIpc) is 2.73. The van der Waals surface area contributed by atoms with E-state index in [1.165, 1.54) is 16.8 Å². The first-order valence-electron chi connectivity index (χ1n) is 10.2. The van der Waals surface area contributed by atoms with Crippen molar-refractivity contribution >= 4 is 11.4 Å². The van der Waals surface area contributed by atoms with Crippen LogP contribution in [0.15, 0.2) is 48.5 Å². The van der Waals surface area contributed by atoms with E-state index in [9.17, 15) is 5.11 Å². The van der Waals surface area contributed by atoms with Crippen LogP contribution in [0.3, 0.4) is 0 Å². The molecule has 0 saturated carbocycles. The van der Waals surface area contributed by atoms with Crippen molar-refractivity contribution in [2.75, 3.05) is 38.1 Å². The van der Waals surface area contributed by atoms with E-state index in [1.807, 2.05) is 12.1 Å². The highest BCUT2D eigenvalue weighted by atomic mass is 16.3. The number of hydrogen-bond donors (Lipinski definition) is 1. The van der Waals surface area contributed by atoms with Crippen molar-refractivity contribution in [3.63, 3.8) is 0 Å². The van der Waals surface area contributed by atoms with E-state index in [1.54, 1.807) is 0 Å². The Balaban J connectivity index is 1.41. The Kier molecular flexibility index (Phi) is 6.72. The number of hydrogen-bond acceptors (Lipinski definition) is 3. The first-order chi connectivity index (χ1) is 13.5. The second-order valence-electron chi connectivity index (χ2n) is 8.10. The molecule has 0 aliphatic carbocycles. The summed E-state index contributed by atoms with van der Waals surface area (Å²) in [4.78, 5) is 8.12. The molecule has 2 aromatic carbocycles. The van der Waals surface area contributed by atoms with Crippen LogP contribution in [0.2, 0.25) is 0 Å². The minimum absolute atomic E-state index is 0.549. The molecule has 0 aromatic heterocycles. The van der Waals surface area contributed by atoms with Gasteiger partial charge in [-0.05, 0) is 50.3 Å². The Bertz CT molecular complexity index is 784. The summed E-state index contributed by atoms with van der Waals surface area (Å²) in [5, 5.41) is 11.0. The van der Waals surface area contributed by atoms with Gasteiger partial charge in [-0.1, -0.05) is 42.0 Å². The molecule has 0 unspecified atom stereocenters. The van der Waals surface area contributed by atoms with E-state index >= 15 is 0 Å². The van der Waals surface area contributed by atoms with Crippen molar-refractivity contribution in [2.24, 2.45) is 0 Å². The standard InChI is InChI=1S/C24H31N3O/c1-20-4-10-23(11-5-20)26(3)17-13-24(28)14-18-27(19-15-24)16-12-21-6-8-22(25-2)9-7-21/h4-11,28H,12-19H2,1,3H3. The van der Waals surface area contributed by atoms with E-state index < -0.39 is 5.60 Å². The van der Waals surface area contributed by atoms with Gasteiger partial charge in [0.25, 0.3) is 0 Å². The van der Waals surface area contributed by atoms with Crippen molar-refractivity contribution < 1.29 is 5.11 Å².